The predicted molar refractivity (Wildman–Crippen MR) is 62.9 cm³/mol. The monoisotopic (exact) mass is 257 g/mol. The van der Waals surface area contributed by atoms with Crippen LogP contribution in [-0.4, -0.2) is 41.1 Å². The van der Waals surface area contributed by atoms with E-state index in [0.717, 1.165) is 4.31 Å². The van der Waals surface area contributed by atoms with E-state index in [9.17, 15) is 13.2 Å². The van der Waals surface area contributed by atoms with E-state index in [0.29, 0.717) is 0 Å². The Bertz CT molecular complexity index is 492. The average Bonchev–Trinajstić information content (AvgIpc) is 2.24. The molecule has 94 valence electrons. The van der Waals surface area contributed by atoms with Gasteiger partial charge in [0.15, 0.2) is 0 Å². The molecule has 0 radical (unpaired) electrons. The van der Waals surface area contributed by atoms with Crippen molar-refractivity contribution in [1.29, 1.82) is 0 Å². The van der Waals surface area contributed by atoms with Crippen molar-refractivity contribution in [3.63, 3.8) is 0 Å². The molecule has 5 nitrogen and oxygen atoms in total. The maximum atomic E-state index is 12.0. The largest absolute Gasteiger partial charge is 0.480 e. The van der Waals surface area contributed by atoms with Gasteiger partial charge in [-0.15, -0.1) is 0 Å². The molecule has 0 aromatic rings. The van der Waals surface area contributed by atoms with Crippen molar-refractivity contribution < 1.29 is 18.3 Å². The van der Waals surface area contributed by atoms with Crippen LogP contribution < -0.4 is 0 Å². The second-order valence-corrected chi connectivity index (χ2v) is 6.62. The van der Waals surface area contributed by atoms with Gasteiger partial charge >= 0.3 is 5.97 Å². The fraction of sp³-hybridized carbons (Fsp3) is 0.545. The number of hydrogen-bond acceptors (Lipinski definition) is 3. The Labute approximate surface area is 100 Å². The summed E-state index contributed by atoms with van der Waals surface area (Å²) < 4.78 is 25.1. The van der Waals surface area contributed by atoms with E-state index in [-0.39, 0.29) is 12.0 Å². The van der Waals surface area contributed by atoms with Crippen molar-refractivity contribution in [3.05, 3.63) is 24.3 Å². The first-order valence-electron chi connectivity index (χ1n) is 5.47. The highest BCUT2D eigenvalue weighted by molar-refractivity contribution is 7.91. The lowest BCUT2D eigenvalue weighted by atomic mass is 10.00. The van der Waals surface area contributed by atoms with Gasteiger partial charge in [-0.2, -0.15) is 4.31 Å². The van der Waals surface area contributed by atoms with Gasteiger partial charge in [-0.1, -0.05) is 38.2 Å². The van der Waals surface area contributed by atoms with Crippen molar-refractivity contribution in [2.75, 3.05) is 0 Å². The summed E-state index contributed by atoms with van der Waals surface area (Å²) in [5.74, 6) is -1.35. The minimum Gasteiger partial charge on any atom is -0.480 e. The number of carboxylic acid groups (broad SMARTS) is 1. The first-order valence-corrected chi connectivity index (χ1v) is 6.98. The highest BCUT2D eigenvalue weighted by atomic mass is 32.2. The molecule has 2 rings (SSSR count). The third-order valence-corrected chi connectivity index (χ3v) is 5.33. The Morgan fingerprint density at radius 1 is 1.29 bits per heavy atom. The number of sulfonamides is 1. The lowest BCUT2D eigenvalue weighted by Gasteiger charge is -2.48. The van der Waals surface area contributed by atoms with E-state index in [4.69, 9.17) is 5.11 Å². The number of carbonyl (C=O) groups is 1. The highest BCUT2D eigenvalue weighted by Crippen LogP contribution is 2.37. The molecule has 2 aliphatic rings. The molecule has 3 atom stereocenters. The SMILES string of the molecule is CC(C)[C@@H](C(=O)O)N1C2C=CC=CC2S1(=O)=O. The number of nitrogens with zero attached hydrogens (tertiary/aromatic N) is 1. The molecule has 0 aromatic carbocycles. The van der Waals surface area contributed by atoms with Crippen molar-refractivity contribution in [2.24, 2.45) is 5.92 Å². The molecule has 1 saturated heterocycles. The molecule has 17 heavy (non-hydrogen) atoms. The summed E-state index contributed by atoms with van der Waals surface area (Å²) >= 11 is 0. The molecule has 1 aliphatic carbocycles. The highest BCUT2D eigenvalue weighted by Gasteiger charge is 2.56. The smallest absolute Gasteiger partial charge is 0.322 e. The van der Waals surface area contributed by atoms with Crippen LogP contribution in [-0.2, 0) is 14.8 Å². The summed E-state index contributed by atoms with van der Waals surface area (Å²) in [4.78, 5) is 11.2. The summed E-state index contributed by atoms with van der Waals surface area (Å²) in [6.07, 6.45) is 6.78. The summed E-state index contributed by atoms with van der Waals surface area (Å²) in [6.45, 7) is 3.42. The zero-order chi connectivity index (χ0) is 12.8. The van der Waals surface area contributed by atoms with Crippen LogP contribution in [0.2, 0.25) is 0 Å². The Kier molecular flexibility index (Phi) is 2.87. The number of fused-ring (bicyclic) bond motifs is 1. The first-order chi connectivity index (χ1) is 7.87. The molecule has 0 bridgehead atoms. The summed E-state index contributed by atoms with van der Waals surface area (Å²) in [5.41, 5.74) is 0. The van der Waals surface area contributed by atoms with Gasteiger partial charge in [-0.05, 0) is 5.92 Å². The van der Waals surface area contributed by atoms with Crippen LogP contribution in [0.15, 0.2) is 24.3 Å². The van der Waals surface area contributed by atoms with Crippen molar-refractivity contribution in [1.82, 2.24) is 4.31 Å². The average molecular weight is 257 g/mol. The number of rotatable bonds is 3. The Balaban J connectivity index is 2.36. The summed E-state index contributed by atoms with van der Waals surface area (Å²) in [7, 11) is -3.50. The lowest BCUT2D eigenvalue weighted by molar-refractivity contribution is -0.143. The van der Waals surface area contributed by atoms with Crippen LogP contribution in [0.4, 0.5) is 0 Å². The Morgan fingerprint density at radius 3 is 2.41 bits per heavy atom. The van der Waals surface area contributed by atoms with Crippen molar-refractivity contribution >= 4 is 16.0 Å². The van der Waals surface area contributed by atoms with Gasteiger partial charge in [-0.25, -0.2) is 8.42 Å². The standard InChI is InChI=1S/C11H15NO4S/c1-7(2)10(11(13)14)12-8-5-3-4-6-9(8)17(12,15)16/h3-10H,1-2H3,(H,13,14)/t8?,9?,10-/m0/s1. The molecule has 2 unspecified atom stereocenters. The third kappa shape index (κ3) is 1.71. The maximum absolute atomic E-state index is 12.0. The maximum Gasteiger partial charge on any atom is 0.322 e. The predicted octanol–water partition coefficient (Wildman–Crippen LogP) is 0.604. The molecule has 0 amide bonds. The summed E-state index contributed by atoms with van der Waals surface area (Å²) in [5, 5.41) is 8.56. The van der Waals surface area contributed by atoms with Crippen LogP contribution in [0.25, 0.3) is 0 Å². The lowest BCUT2D eigenvalue weighted by Crippen LogP contribution is -2.68. The first kappa shape index (κ1) is 12.3. The van der Waals surface area contributed by atoms with E-state index in [1.165, 1.54) is 0 Å². The van der Waals surface area contributed by atoms with Gasteiger partial charge in [0.05, 0.1) is 6.04 Å². The fourth-order valence-electron chi connectivity index (χ4n) is 2.36. The van der Waals surface area contributed by atoms with Gasteiger partial charge in [0.1, 0.15) is 11.3 Å². The van der Waals surface area contributed by atoms with Crippen molar-refractivity contribution in [2.45, 2.75) is 31.2 Å². The quantitative estimate of drug-likeness (QED) is 0.803. The number of hydrogen-bond donors (Lipinski definition) is 1. The summed E-state index contributed by atoms with van der Waals surface area (Å²) in [6, 6.07) is -1.33. The molecule has 1 N–H and O–H groups in total. The zero-order valence-electron chi connectivity index (χ0n) is 9.65. The normalized spacial score (nSPS) is 31.9. The van der Waals surface area contributed by atoms with Crippen LogP contribution in [0, 0.1) is 5.92 Å². The molecule has 1 fully saturated rings. The molecule has 1 heterocycles. The van der Waals surface area contributed by atoms with Crippen LogP contribution in [0.5, 0.6) is 0 Å². The van der Waals surface area contributed by atoms with Crippen molar-refractivity contribution in [3.8, 4) is 0 Å². The second kappa shape index (κ2) is 3.96. The minimum atomic E-state index is -3.50. The fourth-order valence-corrected chi connectivity index (χ4v) is 4.50. The van der Waals surface area contributed by atoms with E-state index < -0.39 is 27.3 Å². The Morgan fingerprint density at radius 2 is 1.88 bits per heavy atom. The van der Waals surface area contributed by atoms with Gasteiger partial charge in [0.25, 0.3) is 0 Å². The number of allylic oxidation sites excluding steroid dienone is 2. The minimum absolute atomic E-state index is 0.262. The number of carboxylic acids is 1. The van der Waals surface area contributed by atoms with Gasteiger partial charge in [0.2, 0.25) is 10.0 Å². The van der Waals surface area contributed by atoms with E-state index in [1.807, 2.05) is 0 Å². The van der Waals surface area contributed by atoms with E-state index in [1.54, 1.807) is 38.2 Å². The molecule has 6 heteroatoms. The van der Waals surface area contributed by atoms with Gasteiger partial charge < -0.3 is 5.11 Å². The van der Waals surface area contributed by atoms with Gasteiger partial charge in [0, 0.05) is 0 Å². The van der Waals surface area contributed by atoms with Crippen LogP contribution >= 0.6 is 0 Å². The molecule has 0 spiro atoms. The molecular formula is C11H15NO4S. The van der Waals surface area contributed by atoms with Gasteiger partial charge in [-0.3, -0.25) is 4.79 Å². The van der Waals surface area contributed by atoms with E-state index in [2.05, 4.69) is 0 Å². The van der Waals surface area contributed by atoms with E-state index >= 15 is 0 Å². The molecule has 0 saturated carbocycles. The molecule has 1 aliphatic heterocycles. The van der Waals surface area contributed by atoms with Crippen LogP contribution in [0.3, 0.4) is 0 Å². The second-order valence-electron chi connectivity index (χ2n) is 4.63. The number of aliphatic carboxylic acids is 1. The third-order valence-electron chi connectivity index (χ3n) is 3.15. The Hall–Kier alpha value is -1.14. The molecular weight excluding hydrogens is 242 g/mol. The van der Waals surface area contributed by atoms with Crippen LogP contribution in [0.1, 0.15) is 13.8 Å². The molecule has 0 aromatic heterocycles. The zero-order valence-corrected chi connectivity index (χ0v) is 10.5. The topological polar surface area (TPSA) is 74.7 Å².